The fraction of sp³-hybridized carbons (Fsp3) is 0.0769. The van der Waals surface area contributed by atoms with Crippen LogP contribution in [0, 0.1) is 3.57 Å². The zero-order chi connectivity index (χ0) is 13.0. The molecule has 1 heterocycles. The second kappa shape index (κ2) is 5.81. The van der Waals surface area contributed by atoms with Crippen LogP contribution in [0.4, 0.5) is 0 Å². The summed E-state index contributed by atoms with van der Waals surface area (Å²) in [5.41, 5.74) is 3.69. The van der Waals surface area contributed by atoms with Crippen LogP contribution in [0.3, 0.4) is 0 Å². The summed E-state index contributed by atoms with van der Waals surface area (Å²) >= 11 is 2.19. The van der Waals surface area contributed by atoms with Crippen molar-refractivity contribution in [3.8, 4) is 0 Å². The van der Waals surface area contributed by atoms with Crippen LogP contribution in [0.15, 0.2) is 52.2 Å². The van der Waals surface area contributed by atoms with Crippen molar-refractivity contribution in [2.24, 2.45) is 5.10 Å². The molecule has 18 heavy (non-hydrogen) atoms. The monoisotopic (exact) mass is 354 g/mol. The van der Waals surface area contributed by atoms with E-state index >= 15 is 0 Å². The van der Waals surface area contributed by atoms with Crippen molar-refractivity contribution in [2.45, 2.75) is 6.92 Å². The third-order valence-electron chi connectivity index (χ3n) is 2.31. The van der Waals surface area contributed by atoms with E-state index < -0.39 is 0 Å². The third kappa shape index (κ3) is 3.19. The van der Waals surface area contributed by atoms with Gasteiger partial charge in [-0.3, -0.25) is 4.79 Å². The first-order valence-electron chi connectivity index (χ1n) is 5.31. The quantitative estimate of drug-likeness (QED) is 0.523. The first-order valence-corrected chi connectivity index (χ1v) is 6.39. The number of hydrogen-bond acceptors (Lipinski definition) is 3. The number of nitrogens with one attached hydrogen (secondary N) is 1. The minimum Gasteiger partial charge on any atom is -0.463 e. The van der Waals surface area contributed by atoms with Crippen LogP contribution in [0.5, 0.6) is 0 Å². The highest BCUT2D eigenvalue weighted by Crippen LogP contribution is 2.07. The smallest absolute Gasteiger partial charge is 0.271 e. The second-order valence-corrected chi connectivity index (χ2v) is 4.87. The first-order chi connectivity index (χ1) is 8.66. The van der Waals surface area contributed by atoms with Crippen LogP contribution in [0.2, 0.25) is 0 Å². The minimum atomic E-state index is -0.239. The number of rotatable bonds is 3. The van der Waals surface area contributed by atoms with Gasteiger partial charge in [-0.05, 0) is 65.9 Å². The lowest BCUT2D eigenvalue weighted by Crippen LogP contribution is -2.19. The minimum absolute atomic E-state index is 0.239. The number of hydrogen-bond donors (Lipinski definition) is 1. The van der Waals surface area contributed by atoms with E-state index in [0.717, 1.165) is 3.57 Å². The Morgan fingerprint density at radius 2 is 2.00 bits per heavy atom. The molecule has 2 rings (SSSR count). The zero-order valence-electron chi connectivity index (χ0n) is 9.68. The molecule has 0 bridgehead atoms. The van der Waals surface area contributed by atoms with Gasteiger partial charge < -0.3 is 4.42 Å². The van der Waals surface area contributed by atoms with Gasteiger partial charge in [-0.25, -0.2) is 5.43 Å². The van der Waals surface area contributed by atoms with Crippen LogP contribution in [-0.4, -0.2) is 11.6 Å². The summed E-state index contributed by atoms with van der Waals surface area (Å²) < 4.78 is 6.25. The van der Waals surface area contributed by atoms with Crippen molar-refractivity contribution < 1.29 is 9.21 Å². The van der Waals surface area contributed by atoms with Crippen LogP contribution in [0.25, 0.3) is 0 Å². The van der Waals surface area contributed by atoms with E-state index in [1.54, 1.807) is 37.5 Å². The molecule has 0 spiro atoms. The van der Waals surface area contributed by atoms with Crippen molar-refractivity contribution in [1.29, 1.82) is 0 Å². The van der Waals surface area contributed by atoms with E-state index in [2.05, 4.69) is 33.1 Å². The molecule has 1 aromatic carbocycles. The summed E-state index contributed by atoms with van der Waals surface area (Å²) in [6, 6.07) is 10.8. The van der Waals surface area contributed by atoms with Crippen molar-refractivity contribution in [2.75, 3.05) is 0 Å². The number of halogens is 1. The molecule has 0 saturated carbocycles. The Morgan fingerprint density at radius 3 is 2.61 bits per heavy atom. The third-order valence-corrected chi connectivity index (χ3v) is 3.03. The lowest BCUT2D eigenvalue weighted by atomic mass is 10.2. The maximum atomic E-state index is 11.8. The lowest BCUT2D eigenvalue weighted by molar-refractivity contribution is 0.0955. The Balaban J connectivity index is 2.04. The van der Waals surface area contributed by atoms with Gasteiger partial charge in [-0.15, -0.1) is 0 Å². The number of carbonyl (C=O) groups excluding carboxylic acids is 1. The average molecular weight is 354 g/mol. The van der Waals surface area contributed by atoms with Crippen molar-refractivity contribution in [3.63, 3.8) is 0 Å². The average Bonchev–Trinajstić information content (AvgIpc) is 2.90. The molecule has 2 aromatic rings. The molecule has 0 unspecified atom stereocenters. The van der Waals surface area contributed by atoms with Crippen LogP contribution >= 0.6 is 22.6 Å². The van der Waals surface area contributed by atoms with Gasteiger partial charge in [0.2, 0.25) is 0 Å². The molecule has 92 valence electrons. The Bertz CT molecular complexity index is 559. The number of hydrazone groups is 1. The Morgan fingerprint density at radius 1 is 1.28 bits per heavy atom. The summed E-state index contributed by atoms with van der Waals surface area (Å²) in [7, 11) is 0. The van der Waals surface area contributed by atoms with Crippen LogP contribution in [0.1, 0.15) is 23.0 Å². The Labute approximate surface area is 118 Å². The lowest BCUT2D eigenvalue weighted by Gasteiger charge is -2.01. The molecule has 4 nitrogen and oxygen atoms in total. The van der Waals surface area contributed by atoms with Crippen molar-refractivity contribution in [1.82, 2.24) is 5.43 Å². The topological polar surface area (TPSA) is 54.6 Å². The molecule has 0 fully saturated rings. The molecular weight excluding hydrogens is 343 g/mol. The second-order valence-electron chi connectivity index (χ2n) is 3.62. The van der Waals surface area contributed by atoms with Crippen LogP contribution < -0.4 is 5.43 Å². The van der Waals surface area contributed by atoms with Gasteiger partial charge in [0.05, 0.1) is 6.26 Å². The fourth-order valence-electron chi connectivity index (χ4n) is 1.34. The molecular formula is C13H11IN2O2. The highest BCUT2D eigenvalue weighted by atomic mass is 127. The maximum Gasteiger partial charge on any atom is 0.271 e. The number of carbonyl (C=O) groups is 1. The Kier molecular flexibility index (Phi) is 4.14. The number of benzene rings is 1. The van der Waals surface area contributed by atoms with Crippen molar-refractivity contribution in [3.05, 3.63) is 57.6 Å². The molecule has 1 N–H and O–H groups in total. The van der Waals surface area contributed by atoms with Gasteiger partial charge in [0, 0.05) is 9.13 Å². The summed E-state index contributed by atoms with van der Waals surface area (Å²) in [4.78, 5) is 11.8. The standard InChI is InChI=1S/C13H11IN2O2/c1-9(12-3-2-8-18-12)15-16-13(17)10-4-6-11(14)7-5-10/h2-8H,1H3,(H,16,17)/b15-9-. The van der Waals surface area contributed by atoms with E-state index in [9.17, 15) is 4.79 Å². The predicted octanol–water partition coefficient (Wildman–Crippen LogP) is 3.04. The summed E-state index contributed by atoms with van der Waals surface area (Å²) in [6.45, 7) is 1.77. The van der Waals surface area contributed by atoms with Crippen LogP contribution in [-0.2, 0) is 0 Å². The molecule has 0 aliphatic rings. The largest absolute Gasteiger partial charge is 0.463 e. The molecule has 5 heteroatoms. The number of furan rings is 1. The van der Waals surface area contributed by atoms with E-state index in [-0.39, 0.29) is 5.91 Å². The van der Waals surface area contributed by atoms with Gasteiger partial charge in [0.25, 0.3) is 5.91 Å². The summed E-state index contributed by atoms with van der Waals surface area (Å²) in [6.07, 6.45) is 1.56. The number of amides is 1. The molecule has 0 aliphatic carbocycles. The normalized spacial score (nSPS) is 11.3. The van der Waals surface area contributed by atoms with E-state index in [1.807, 2.05) is 12.1 Å². The fourth-order valence-corrected chi connectivity index (χ4v) is 1.70. The molecule has 1 amide bonds. The molecule has 0 radical (unpaired) electrons. The Hall–Kier alpha value is -1.63. The van der Waals surface area contributed by atoms with Crippen molar-refractivity contribution >= 4 is 34.2 Å². The van der Waals surface area contributed by atoms with Gasteiger partial charge in [0.1, 0.15) is 11.5 Å². The zero-order valence-corrected chi connectivity index (χ0v) is 11.8. The van der Waals surface area contributed by atoms with E-state index in [1.165, 1.54) is 0 Å². The highest BCUT2D eigenvalue weighted by Gasteiger charge is 2.05. The van der Waals surface area contributed by atoms with E-state index in [0.29, 0.717) is 17.0 Å². The molecule has 1 aromatic heterocycles. The van der Waals surface area contributed by atoms with Gasteiger partial charge in [-0.1, -0.05) is 0 Å². The SMILES string of the molecule is C/C(=N/NC(=O)c1ccc(I)cc1)c1ccco1. The molecule has 0 atom stereocenters. The van der Waals surface area contributed by atoms with Gasteiger partial charge in [0.15, 0.2) is 0 Å². The molecule has 0 aliphatic heterocycles. The first kappa shape index (κ1) is 12.8. The van der Waals surface area contributed by atoms with Gasteiger partial charge in [-0.2, -0.15) is 5.10 Å². The maximum absolute atomic E-state index is 11.8. The van der Waals surface area contributed by atoms with E-state index in [4.69, 9.17) is 4.42 Å². The summed E-state index contributed by atoms with van der Waals surface area (Å²) in [5.74, 6) is 0.398. The van der Waals surface area contributed by atoms with Gasteiger partial charge >= 0.3 is 0 Å². The highest BCUT2D eigenvalue weighted by molar-refractivity contribution is 14.1. The predicted molar refractivity (Wildman–Crippen MR) is 77.5 cm³/mol. The number of nitrogens with zero attached hydrogens (tertiary/aromatic N) is 1. The molecule has 0 saturated heterocycles. The summed E-state index contributed by atoms with van der Waals surface area (Å²) in [5, 5.41) is 3.99.